The Kier molecular flexibility index (Phi) is 3.95. The first kappa shape index (κ1) is 11.0. The van der Waals surface area contributed by atoms with Crippen LogP contribution in [0.5, 0.6) is 0 Å². The van der Waals surface area contributed by atoms with Gasteiger partial charge >= 0.3 is 0 Å². The van der Waals surface area contributed by atoms with Crippen LogP contribution < -0.4 is 0 Å². The highest BCUT2D eigenvalue weighted by Gasteiger charge is 2.18. The van der Waals surface area contributed by atoms with Gasteiger partial charge in [0.1, 0.15) is 5.78 Å². The average Bonchev–Trinajstić information content (AvgIpc) is 2.69. The number of H-pyrrole nitrogens is 1. The third-order valence-corrected chi connectivity index (χ3v) is 2.37. The zero-order chi connectivity index (χ0) is 10.6. The van der Waals surface area contributed by atoms with Crippen molar-refractivity contribution < 1.29 is 9.59 Å². The van der Waals surface area contributed by atoms with Gasteiger partial charge in [-0.15, -0.1) is 0 Å². The molecule has 3 nitrogen and oxygen atoms in total. The van der Waals surface area contributed by atoms with Crippen molar-refractivity contribution in [2.24, 2.45) is 5.92 Å². The van der Waals surface area contributed by atoms with E-state index in [1.54, 1.807) is 25.3 Å². The smallest absolute Gasteiger partial charge is 0.182 e. The fraction of sp³-hybridized carbons (Fsp3) is 0.400. The van der Waals surface area contributed by atoms with Crippen molar-refractivity contribution >= 4 is 24.2 Å². The first-order valence-corrected chi connectivity index (χ1v) is 5.08. The minimum absolute atomic E-state index is 0.000685. The van der Waals surface area contributed by atoms with Gasteiger partial charge in [0.15, 0.2) is 5.78 Å². The number of aromatic amines is 1. The second-order valence-electron chi connectivity index (χ2n) is 3.25. The van der Waals surface area contributed by atoms with Crippen molar-refractivity contribution in [3.63, 3.8) is 0 Å². The fourth-order valence-corrected chi connectivity index (χ4v) is 1.38. The summed E-state index contributed by atoms with van der Waals surface area (Å²) in [5.74, 6) is -0.0957. The predicted molar refractivity (Wildman–Crippen MR) is 57.8 cm³/mol. The third-order valence-electron chi connectivity index (χ3n) is 2.02. The van der Waals surface area contributed by atoms with Crippen LogP contribution in [0.25, 0.3) is 0 Å². The molecule has 0 spiro atoms. The summed E-state index contributed by atoms with van der Waals surface area (Å²) in [6.45, 7) is 1.75. The number of carbonyl (C=O) groups excluding carboxylic acids is 2. The SMILES string of the molecule is C[C@@H](CC(=O)CS)C(=O)c1ccc[nH]1. The van der Waals surface area contributed by atoms with Gasteiger partial charge in [-0.05, 0) is 12.1 Å². The molecule has 0 fully saturated rings. The molecule has 0 unspecified atom stereocenters. The molecule has 0 aliphatic heterocycles. The molecule has 76 valence electrons. The number of Topliss-reactive ketones (excluding diaryl/α,β-unsaturated/α-hetero) is 2. The average molecular weight is 211 g/mol. The Balaban J connectivity index is 2.58. The molecule has 0 amide bonds. The van der Waals surface area contributed by atoms with Crippen LogP contribution in [-0.2, 0) is 4.79 Å². The van der Waals surface area contributed by atoms with Gasteiger partial charge in [-0.25, -0.2) is 0 Å². The maximum Gasteiger partial charge on any atom is 0.182 e. The van der Waals surface area contributed by atoms with Crippen molar-refractivity contribution in [3.05, 3.63) is 24.0 Å². The molecule has 0 aliphatic carbocycles. The summed E-state index contributed by atoms with van der Waals surface area (Å²) in [6.07, 6.45) is 1.96. The Labute approximate surface area is 88.3 Å². The van der Waals surface area contributed by atoms with E-state index >= 15 is 0 Å². The number of aromatic nitrogens is 1. The summed E-state index contributed by atoms with van der Waals surface area (Å²) in [6, 6.07) is 3.48. The standard InChI is InChI=1S/C10H13NO2S/c1-7(5-8(12)6-14)10(13)9-3-2-4-11-9/h2-4,7,11,14H,5-6H2,1H3/t7-/m0/s1. The monoisotopic (exact) mass is 211 g/mol. The molecule has 0 aliphatic rings. The lowest BCUT2D eigenvalue weighted by Crippen LogP contribution is -2.16. The maximum atomic E-state index is 11.6. The number of thiol groups is 1. The summed E-state index contributed by atoms with van der Waals surface area (Å²) in [5, 5.41) is 0. The second kappa shape index (κ2) is 5.00. The highest BCUT2D eigenvalue weighted by atomic mass is 32.1. The molecule has 1 N–H and O–H groups in total. The Morgan fingerprint density at radius 1 is 1.57 bits per heavy atom. The molecule has 0 saturated carbocycles. The van der Waals surface area contributed by atoms with Crippen LogP contribution in [0, 0.1) is 5.92 Å². The zero-order valence-corrected chi connectivity index (χ0v) is 8.88. The molecular formula is C10H13NO2S. The summed E-state index contributed by atoms with van der Waals surface area (Å²) in [7, 11) is 0. The van der Waals surface area contributed by atoms with Gasteiger partial charge < -0.3 is 4.98 Å². The third kappa shape index (κ3) is 2.73. The lowest BCUT2D eigenvalue weighted by atomic mass is 9.98. The zero-order valence-electron chi connectivity index (χ0n) is 7.99. The summed E-state index contributed by atoms with van der Waals surface area (Å²) >= 11 is 3.87. The predicted octanol–water partition coefficient (Wildman–Crippen LogP) is 1.72. The van der Waals surface area contributed by atoms with Crippen LogP contribution in [0.2, 0.25) is 0 Å². The summed E-state index contributed by atoms with van der Waals surface area (Å²) in [4.78, 5) is 25.5. The van der Waals surface area contributed by atoms with Crippen LogP contribution in [0.15, 0.2) is 18.3 Å². The molecule has 1 heterocycles. The lowest BCUT2D eigenvalue weighted by molar-refractivity contribution is -0.117. The molecule has 1 rings (SSSR count). The van der Waals surface area contributed by atoms with E-state index in [-0.39, 0.29) is 29.7 Å². The molecule has 1 atom stereocenters. The van der Waals surface area contributed by atoms with Crippen LogP contribution >= 0.6 is 12.6 Å². The topological polar surface area (TPSA) is 49.9 Å². The van der Waals surface area contributed by atoms with E-state index in [4.69, 9.17) is 0 Å². The van der Waals surface area contributed by atoms with Crippen molar-refractivity contribution in [2.75, 3.05) is 5.75 Å². The van der Waals surface area contributed by atoms with Crippen molar-refractivity contribution in [2.45, 2.75) is 13.3 Å². The van der Waals surface area contributed by atoms with Crippen molar-refractivity contribution in [1.82, 2.24) is 4.98 Å². The number of carbonyl (C=O) groups is 2. The molecule has 1 aromatic heterocycles. The highest BCUT2D eigenvalue weighted by Crippen LogP contribution is 2.11. The number of hydrogen-bond donors (Lipinski definition) is 2. The molecule has 0 radical (unpaired) electrons. The van der Waals surface area contributed by atoms with Crippen molar-refractivity contribution in [3.8, 4) is 0 Å². The largest absolute Gasteiger partial charge is 0.359 e. The van der Waals surface area contributed by atoms with Gasteiger partial charge in [-0.3, -0.25) is 9.59 Å². The first-order chi connectivity index (χ1) is 6.65. The minimum Gasteiger partial charge on any atom is -0.359 e. The normalized spacial score (nSPS) is 12.4. The maximum absolute atomic E-state index is 11.6. The highest BCUT2D eigenvalue weighted by molar-refractivity contribution is 7.81. The van der Waals surface area contributed by atoms with E-state index in [1.807, 2.05) is 0 Å². The fourth-order valence-electron chi connectivity index (χ4n) is 1.25. The molecule has 0 bridgehead atoms. The first-order valence-electron chi connectivity index (χ1n) is 4.45. The molecular weight excluding hydrogens is 198 g/mol. The molecule has 1 aromatic rings. The Morgan fingerprint density at radius 2 is 2.29 bits per heavy atom. The Bertz CT molecular complexity index is 319. The van der Waals surface area contributed by atoms with Gasteiger partial charge in [0, 0.05) is 24.3 Å². The number of rotatable bonds is 5. The van der Waals surface area contributed by atoms with Gasteiger partial charge in [-0.1, -0.05) is 6.92 Å². The van der Waals surface area contributed by atoms with Gasteiger partial charge in [0.2, 0.25) is 0 Å². The van der Waals surface area contributed by atoms with Crippen LogP contribution in [0.3, 0.4) is 0 Å². The van der Waals surface area contributed by atoms with Crippen LogP contribution in [-0.4, -0.2) is 22.3 Å². The number of hydrogen-bond acceptors (Lipinski definition) is 3. The van der Waals surface area contributed by atoms with E-state index in [0.29, 0.717) is 5.69 Å². The quantitative estimate of drug-likeness (QED) is 0.575. The second-order valence-corrected chi connectivity index (χ2v) is 3.57. The van der Waals surface area contributed by atoms with Gasteiger partial charge in [0.05, 0.1) is 5.69 Å². The summed E-state index contributed by atoms with van der Waals surface area (Å²) in [5.41, 5.74) is 0.560. The van der Waals surface area contributed by atoms with Gasteiger partial charge in [0.25, 0.3) is 0 Å². The van der Waals surface area contributed by atoms with Gasteiger partial charge in [-0.2, -0.15) is 12.6 Å². The summed E-state index contributed by atoms with van der Waals surface area (Å²) < 4.78 is 0. The molecule has 0 saturated heterocycles. The van der Waals surface area contributed by atoms with E-state index in [9.17, 15) is 9.59 Å². The lowest BCUT2D eigenvalue weighted by Gasteiger charge is -2.06. The van der Waals surface area contributed by atoms with E-state index in [2.05, 4.69) is 17.6 Å². The van der Waals surface area contributed by atoms with Crippen molar-refractivity contribution in [1.29, 1.82) is 0 Å². The Hall–Kier alpha value is -1.03. The van der Waals surface area contributed by atoms with Crippen LogP contribution in [0.1, 0.15) is 23.8 Å². The number of nitrogens with one attached hydrogen (secondary N) is 1. The number of ketones is 2. The van der Waals surface area contributed by atoms with E-state index in [0.717, 1.165) is 0 Å². The van der Waals surface area contributed by atoms with E-state index < -0.39 is 0 Å². The Morgan fingerprint density at radius 3 is 2.79 bits per heavy atom. The molecule has 4 heteroatoms. The molecule has 0 aromatic carbocycles. The van der Waals surface area contributed by atoms with Crippen LogP contribution in [0.4, 0.5) is 0 Å². The molecule has 14 heavy (non-hydrogen) atoms. The van der Waals surface area contributed by atoms with E-state index in [1.165, 1.54) is 0 Å². The minimum atomic E-state index is -0.270.